The molecule has 2 aromatic carbocycles. The van der Waals surface area contributed by atoms with Gasteiger partial charge in [-0.1, -0.05) is 30.3 Å². The van der Waals surface area contributed by atoms with E-state index in [0.29, 0.717) is 13.2 Å². The summed E-state index contributed by atoms with van der Waals surface area (Å²) in [5, 5.41) is 15.8. The predicted octanol–water partition coefficient (Wildman–Crippen LogP) is 3.48. The van der Waals surface area contributed by atoms with Gasteiger partial charge in [0.05, 0.1) is 11.6 Å². The zero-order chi connectivity index (χ0) is 24.0. The highest BCUT2D eigenvalue weighted by atomic mass is 16.5. The van der Waals surface area contributed by atoms with E-state index in [1.54, 1.807) is 24.3 Å². The summed E-state index contributed by atoms with van der Waals surface area (Å²) in [6.07, 6.45) is 4.16. The molecule has 0 aromatic heterocycles. The van der Waals surface area contributed by atoms with Crippen molar-refractivity contribution in [3.63, 3.8) is 0 Å². The molecule has 7 nitrogen and oxygen atoms in total. The molecular formula is C27H35N3O4. The number of carboxylic acids is 1. The number of hydrogen-bond donors (Lipinski definition) is 3. The van der Waals surface area contributed by atoms with Gasteiger partial charge in [0.25, 0.3) is 0 Å². The van der Waals surface area contributed by atoms with Crippen LogP contribution >= 0.6 is 0 Å². The van der Waals surface area contributed by atoms with Crippen molar-refractivity contribution in [3.8, 4) is 5.75 Å². The molecule has 1 amide bonds. The van der Waals surface area contributed by atoms with Gasteiger partial charge in [0, 0.05) is 26.2 Å². The predicted molar refractivity (Wildman–Crippen MR) is 131 cm³/mol. The highest BCUT2D eigenvalue weighted by Gasteiger charge is 2.42. The second-order valence-electron chi connectivity index (χ2n) is 9.54. The maximum absolute atomic E-state index is 13.6. The molecule has 0 spiro atoms. The molecular weight excluding hydrogens is 430 g/mol. The van der Waals surface area contributed by atoms with Crippen molar-refractivity contribution in [1.29, 1.82) is 0 Å². The lowest BCUT2D eigenvalue weighted by Crippen LogP contribution is -2.62. The number of amides is 1. The molecule has 3 N–H and O–H groups in total. The summed E-state index contributed by atoms with van der Waals surface area (Å²) in [4.78, 5) is 27.2. The van der Waals surface area contributed by atoms with Crippen molar-refractivity contribution in [2.75, 3.05) is 32.8 Å². The normalized spacial score (nSPS) is 18.7. The summed E-state index contributed by atoms with van der Waals surface area (Å²) in [6.45, 7) is 5.93. The van der Waals surface area contributed by atoms with Gasteiger partial charge in [-0.25, -0.2) is 4.79 Å². The molecule has 4 rings (SSSR count). The number of nitrogens with one attached hydrogen (secondary N) is 2. The fraction of sp³-hybridized carbons (Fsp3) is 0.481. The molecule has 1 atom stereocenters. The van der Waals surface area contributed by atoms with Crippen molar-refractivity contribution >= 4 is 11.9 Å². The summed E-state index contributed by atoms with van der Waals surface area (Å²) in [7, 11) is 0. The number of carbonyl (C=O) groups excluding carboxylic acids is 1. The summed E-state index contributed by atoms with van der Waals surface area (Å²) in [5.74, 6) is 0.693. The average Bonchev–Trinajstić information content (AvgIpc) is 3.67. The Morgan fingerprint density at radius 3 is 2.38 bits per heavy atom. The summed E-state index contributed by atoms with van der Waals surface area (Å²) < 4.78 is 5.83. The molecule has 0 unspecified atom stereocenters. The third-order valence-electron chi connectivity index (χ3n) is 6.94. The first kappa shape index (κ1) is 24.2. The van der Waals surface area contributed by atoms with E-state index in [2.05, 4.69) is 15.5 Å². The van der Waals surface area contributed by atoms with Crippen LogP contribution in [0.4, 0.5) is 0 Å². The molecule has 0 bridgehead atoms. The van der Waals surface area contributed by atoms with Gasteiger partial charge >= 0.3 is 5.97 Å². The van der Waals surface area contributed by atoms with E-state index in [4.69, 9.17) is 9.84 Å². The molecule has 2 aliphatic rings. The smallest absolute Gasteiger partial charge is 0.335 e. The van der Waals surface area contributed by atoms with Crippen LogP contribution in [0.5, 0.6) is 5.75 Å². The Hall–Kier alpha value is -2.90. The quantitative estimate of drug-likeness (QED) is 0.440. The Bertz CT molecular complexity index is 952. The Balaban J connectivity index is 1.37. The molecule has 1 heterocycles. The summed E-state index contributed by atoms with van der Waals surface area (Å²) in [5.41, 5.74) is 0.476. The molecule has 2 aromatic rings. The van der Waals surface area contributed by atoms with Crippen LogP contribution in [-0.2, 0) is 4.79 Å². The van der Waals surface area contributed by atoms with Crippen molar-refractivity contribution in [2.45, 2.75) is 44.2 Å². The number of carboxylic acid groups (broad SMARTS) is 1. The van der Waals surface area contributed by atoms with Crippen molar-refractivity contribution in [2.24, 2.45) is 5.92 Å². The Morgan fingerprint density at radius 1 is 1.09 bits per heavy atom. The lowest BCUT2D eigenvalue weighted by Gasteiger charge is -2.42. The van der Waals surface area contributed by atoms with E-state index in [-0.39, 0.29) is 17.5 Å². The van der Waals surface area contributed by atoms with E-state index in [0.717, 1.165) is 49.7 Å². The standard InChI is InChI=1S/C27H35N3O4/c1-20(22-9-11-23(12-10-22)25(31)32)29-26(33)27(13-16-30(17-14-27)19-21-7-8-21)28-15-18-34-24-5-3-2-4-6-24/h2-6,9-12,20-21,28H,7-8,13-19H2,1H3,(H,29,33)(H,31,32)/t20-/m0/s1. The van der Waals surface area contributed by atoms with E-state index >= 15 is 0 Å². The second kappa shape index (κ2) is 11.0. The summed E-state index contributed by atoms with van der Waals surface area (Å²) in [6, 6.07) is 16.1. The number of ether oxygens (including phenoxy) is 1. The minimum absolute atomic E-state index is 0.00639. The van der Waals surface area contributed by atoms with Gasteiger partial charge in [0.15, 0.2) is 0 Å². The number of nitrogens with zero attached hydrogens (tertiary/aromatic N) is 1. The van der Waals surface area contributed by atoms with Gasteiger partial charge in [0.2, 0.25) is 5.91 Å². The number of piperidine rings is 1. The highest BCUT2D eigenvalue weighted by Crippen LogP contribution is 2.32. The number of aromatic carboxylic acids is 1. The topological polar surface area (TPSA) is 90.9 Å². The van der Waals surface area contributed by atoms with Gasteiger partial charge in [0.1, 0.15) is 17.9 Å². The average molecular weight is 466 g/mol. The molecule has 1 saturated heterocycles. The third-order valence-corrected chi connectivity index (χ3v) is 6.94. The maximum atomic E-state index is 13.6. The van der Waals surface area contributed by atoms with Gasteiger partial charge in [-0.15, -0.1) is 0 Å². The second-order valence-corrected chi connectivity index (χ2v) is 9.54. The lowest BCUT2D eigenvalue weighted by atomic mass is 9.85. The molecule has 2 fully saturated rings. The van der Waals surface area contributed by atoms with E-state index < -0.39 is 11.5 Å². The summed E-state index contributed by atoms with van der Waals surface area (Å²) >= 11 is 0. The van der Waals surface area contributed by atoms with Crippen LogP contribution in [0, 0.1) is 5.92 Å². The van der Waals surface area contributed by atoms with Crippen molar-refractivity contribution in [1.82, 2.24) is 15.5 Å². The van der Waals surface area contributed by atoms with E-state index in [1.807, 2.05) is 37.3 Å². The van der Waals surface area contributed by atoms with Gasteiger partial charge in [-0.2, -0.15) is 0 Å². The van der Waals surface area contributed by atoms with Crippen LogP contribution in [0.2, 0.25) is 0 Å². The fourth-order valence-corrected chi connectivity index (χ4v) is 4.58. The maximum Gasteiger partial charge on any atom is 0.335 e. The third kappa shape index (κ3) is 6.36. The lowest BCUT2D eigenvalue weighted by molar-refractivity contribution is -0.130. The van der Waals surface area contributed by atoms with Gasteiger partial charge in [-0.3, -0.25) is 10.1 Å². The van der Waals surface area contributed by atoms with Crippen LogP contribution in [0.3, 0.4) is 0 Å². The monoisotopic (exact) mass is 465 g/mol. The Morgan fingerprint density at radius 2 is 1.76 bits per heavy atom. The first-order valence-electron chi connectivity index (χ1n) is 12.2. The van der Waals surface area contributed by atoms with Gasteiger partial charge in [-0.05, 0) is 68.4 Å². The number of hydrogen-bond acceptors (Lipinski definition) is 5. The van der Waals surface area contributed by atoms with Crippen LogP contribution in [-0.4, -0.2) is 60.2 Å². The van der Waals surface area contributed by atoms with Crippen molar-refractivity contribution in [3.05, 3.63) is 65.7 Å². The first-order valence-corrected chi connectivity index (χ1v) is 12.2. The largest absolute Gasteiger partial charge is 0.492 e. The molecule has 1 aliphatic heterocycles. The molecule has 1 saturated carbocycles. The number of benzene rings is 2. The first-order chi connectivity index (χ1) is 16.4. The SMILES string of the molecule is C[C@H](NC(=O)C1(NCCOc2ccccc2)CCN(CC2CC2)CC1)c1ccc(C(=O)O)cc1. The molecule has 34 heavy (non-hydrogen) atoms. The molecule has 0 radical (unpaired) electrons. The Kier molecular flexibility index (Phi) is 7.85. The Labute approximate surface area is 201 Å². The van der Waals surface area contributed by atoms with Crippen LogP contribution in [0.1, 0.15) is 54.6 Å². The van der Waals surface area contributed by atoms with Crippen LogP contribution in [0.25, 0.3) is 0 Å². The van der Waals surface area contributed by atoms with Gasteiger partial charge < -0.3 is 20.1 Å². The zero-order valence-corrected chi connectivity index (χ0v) is 19.8. The van der Waals surface area contributed by atoms with Crippen LogP contribution < -0.4 is 15.4 Å². The number of para-hydroxylation sites is 1. The fourth-order valence-electron chi connectivity index (χ4n) is 4.58. The number of likely N-dealkylation sites (tertiary alicyclic amines) is 1. The minimum atomic E-state index is -0.956. The number of carbonyl (C=O) groups is 2. The molecule has 182 valence electrons. The highest BCUT2D eigenvalue weighted by molar-refractivity contribution is 5.88. The van der Waals surface area contributed by atoms with Crippen LogP contribution in [0.15, 0.2) is 54.6 Å². The van der Waals surface area contributed by atoms with E-state index in [1.165, 1.54) is 12.8 Å². The minimum Gasteiger partial charge on any atom is -0.492 e. The van der Waals surface area contributed by atoms with E-state index in [9.17, 15) is 9.59 Å². The number of rotatable bonds is 11. The van der Waals surface area contributed by atoms with Crippen molar-refractivity contribution < 1.29 is 19.4 Å². The zero-order valence-electron chi connectivity index (χ0n) is 19.8. The molecule has 7 heteroatoms. The molecule has 1 aliphatic carbocycles.